The summed E-state index contributed by atoms with van der Waals surface area (Å²) in [5.41, 5.74) is 0.687. The van der Waals surface area contributed by atoms with Crippen LogP contribution in [0.4, 0.5) is 5.69 Å². The SMILES string of the molecule is [O-2].[O-]C(C[S-])=NCC[N-]C([S-])=Nc1ccc(Cl)cc1.[Re]. The number of benzene rings is 1. The first-order chi connectivity index (χ1) is 8.61. The summed E-state index contributed by atoms with van der Waals surface area (Å²) in [4.78, 5) is 7.77. The van der Waals surface area contributed by atoms with E-state index in [2.05, 4.69) is 27.9 Å². The molecule has 1 rings (SSSR count). The third-order valence-electron chi connectivity index (χ3n) is 1.81. The summed E-state index contributed by atoms with van der Waals surface area (Å²) in [7, 11) is 0. The Kier molecular flexibility index (Phi) is 13.6. The number of rotatable bonds is 5. The Morgan fingerprint density at radius 2 is 1.90 bits per heavy atom. The van der Waals surface area contributed by atoms with Gasteiger partial charge in [-0.3, -0.25) is 0 Å². The maximum absolute atomic E-state index is 10.8. The first kappa shape index (κ1) is 21.9. The topological polar surface area (TPSA) is 90.4 Å². The second-order valence-corrected chi connectivity index (χ2v) is 4.26. The summed E-state index contributed by atoms with van der Waals surface area (Å²) >= 11 is 15.3. The average molecular weight is 502 g/mol. The minimum Gasteiger partial charge on any atom is -2.00 e. The van der Waals surface area contributed by atoms with Crippen LogP contribution in [0, 0.1) is 0 Å². The quantitative estimate of drug-likeness (QED) is 0.264. The first-order valence-electron chi connectivity index (χ1n) is 5.09. The monoisotopic (exact) mass is 502 g/mol. The molecule has 0 aliphatic carbocycles. The molecule has 9 heteroatoms. The molecule has 0 unspecified atom stereocenters. The van der Waals surface area contributed by atoms with Gasteiger partial charge in [-0.2, -0.15) is 0 Å². The molecule has 0 aliphatic rings. The van der Waals surface area contributed by atoms with E-state index in [0.717, 1.165) is 0 Å². The van der Waals surface area contributed by atoms with Crippen molar-refractivity contribution in [2.24, 2.45) is 9.98 Å². The number of hydrogen-bond donors (Lipinski definition) is 0. The maximum atomic E-state index is 10.8. The van der Waals surface area contributed by atoms with Crippen LogP contribution in [0.5, 0.6) is 0 Å². The van der Waals surface area contributed by atoms with Crippen LogP contribution < -0.4 is 5.11 Å². The van der Waals surface area contributed by atoms with Crippen molar-refractivity contribution in [2.45, 2.75) is 0 Å². The van der Waals surface area contributed by atoms with Crippen LogP contribution in [0.15, 0.2) is 34.3 Å². The second kappa shape index (κ2) is 12.4. The zero-order chi connectivity index (χ0) is 13.4. The number of halogens is 1. The zero-order valence-corrected chi connectivity index (χ0v) is 15.3. The van der Waals surface area contributed by atoms with Gasteiger partial charge in [-0.15, -0.1) is 5.75 Å². The molecule has 0 saturated carbocycles. The molecule has 0 amide bonds. The molecular formula is C11H10ClN3O2ReS2-6. The van der Waals surface area contributed by atoms with Gasteiger partial charge in [-0.1, -0.05) is 29.6 Å². The van der Waals surface area contributed by atoms with Crippen LogP contribution >= 0.6 is 11.6 Å². The van der Waals surface area contributed by atoms with Crippen molar-refractivity contribution in [2.75, 3.05) is 18.8 Å². The van der Waals surface area contributed by atoms with Crippen LogP contribution in [0.2, 0.25) is 5.02 Å². The molecule has 113 valence electrons. The maximum Gasteiger partial charge on any atom is 0.0406 e. The van der Waals surface area contributed by atoms with E-state index < -0.39 is 0 Å². The number of nitrogens with zero attached hydrogens (tertiary/aromatic N) is 3. The largest absolute Gasteiger partial charge is 2.00 e. The summed E-state index contributed by atoms with van der Waals surface area (Å²) in [6, 6.07) is 6.94. The van der Waals surface area contributed by atoms with Crippen molar-refractivity contribution in [3.8, 4) is 0 Å². The van der Waals surface area contributed by atoms with Gasteiger partial charge in [0.15, 0.2) is 0 Å². The van der Waals surface area contributed by atoms with Crippen molar-refractivity contribution in [1.29, 1.82) is 0 Å². The van der Waals surface area contributed by atoms with Crippen molar-refractivity contribution in [1.82, 2.24) is 0 Å². The standard InChI is InChI=1S/C11H13ClN3OS2.O.Re/c12-8-1-3-9(4-2-8)15-11(18)14-6-5-13-10(16)7-17;;/h1-4H,5-7H2,(H3-,13,14,15,16,17,18);;/q-1;-2;/p-3. The summed E-state index contributed by atoms with van der Waals surface area (Å²) in [6.45, 7) is 0.614. The first-order valence-corrected chi connectivity index (χ1v) is 6.45. The predicted molar refractivity (Wildman–Crippen MR) is 79.4 cm³/mol. The van der Waals surface area contributed by atoms with E-state index in [1.165, 1.54) is 0 Å². The van der Waals surface area contributed by atoms with Crippen molar-refractivity contribution in [3.63, 3.8) is 0 Å². The third kappa shape index (κ3) is 9.53. The predicted octanol–water partition coefficient (Wildman–Crippen LogP) is 1.43. The molecule has 0 fully saturated rings. The fraction of sp³-hybridized carbons (Fsp3) is 0.273. The van der Waals surface area contributed by atoms with E-state index in [1.807, 2.05) is 0 Å². The molecule has 0 aliphatic heterocycles. The Labute approximate surface area is 147 Å². The Hall–Kier alpha value is -0.358. The zero-order valence-electron chi connectivity index (χ0n) is 10.2. The summed E-state index contributed by atoms with van der Waals surface area (Å²) < 4.78 is 0. The Bertz CT molecular complexity index is 444. The number of aliphatic imine (C=N–C) groups is 2. The van der Waals surface area contributed by atoms with Crippen LogP contribution in [-0.2, 0) is 51.2 Å². The number of amidine groups is 1. The molecule has 1 aromatic rings. The Morgan fingerprint density at radius 3 is 2.45 bits per heavy atom. The van der Waals surface area contributed by atoms with Gasteiger partial charge >= 0.3 is 0 Å². The van der Waals surface area contributed by atoms with E-state index >= 15 is 0 Å². The van der Waals surface area contributed by atoms with Gasteiger partial charge in [0.1, 0.15) is 0 Å². The molecule has 0 aromatic heterocycles. The molecule has 0 N–H and O–H groups in total. The molecule has 0 atom stereocenters. The van der Waals surface area contributed by atoms with Gasteiger partial charge in [-0.05, 0) is 24.4 Å². The van der Waals surface area contributed by atoms with E-state index in [9.17, 15) is 5.11 Å². The van der Waals surface area contributed by atoms with Gasteiger partial charge < -0.3 is 51.1 Å². The normalized spacial score (nSPS) is 11.3. The summed E-state index contributed by atoms with van der Waals surface area (Å²) in [5, 5.41) is 15.7. The second-order valence-electron chi connectivity index (χ2n) is 3.17. The van der Waals surface area contributed by atoms with E-state index in [-0.39, 0.29) is 49.3 Å². The van der Waals surface area contributed by atoms with Gasteiger partial charge in [0.2, 0.25) is 0 Å². The third-order valence-corrected chi connectivity index (χ3v) is 2.53. The van der Waals surface area contributed by atoms with Gasteiger partial charge in [-0.25, -0.2) is 5.17 Å². The molecule has 5 nitrogen and oxygen atoms in total. The van der Waals surface area contributed by atoms with Gasteiger partial charge in [0.25, 0.3) is 0 Å². The van der Waals surface area contributed by atoms with Crippen molar-refractivity contribution < 1.29 is 31.0 Å². The molecule has 0 saturated heterocycles. The molecule has 20 heavy (non-hydrogen) atoms. The molecule has 0 heterocycles. The Morgan fingerprint density at radius 1 is 1.30 bits per heavy atom. The minimum atomic E-state index is -0.305. The summed E-state index contributed by atoms with van der Waals surface area (Å²) in [5.74, 6) is -0.305. The van der Waals surface area contributed by atoms with Crippen LogP contribution in [-0.4, -0.2) is 29.9 Å². The van der Waals surface area contributed by atoms with Crippen molar-refractivity contribution >= 4 is 53.6 Å². The summed E-state index contributed by atoms with van der Waals surface area (Å²) in [6.07, 6.45) is 0. The smallest absolute Gasteiger partial charge is 0.0406 e. The molecule has 0 bridgehead atoms. The minimum absolute atomic E-state index is 0. The van der Waals surface area contributed by atoms with E-state index in [1.54, 1.807) is 24.3 Å². The van der Waals surface area contributed by atoms with E-state index in [0.29, 0.717) is 17.3 Å². The molecule has 1 aromatic carbocycles. The van der Waals surface area contributed by atoms with E-state index in [4.69, 9.17) is 24.2 Å². The molecular weight excluding hydrogens is 492 g/mol. The van der Waals surface area contributed by atoms with Crippen LogP contribution in [0.1, 0.15) is 0 Å². The van der Waals surface area contributed by atoms with Gasteiger partial charge in [0.05, 0.1) is 0 Å². The molecule has 0 spiro atoms. The Balaban J connectivity index is 0. The fourth-order valence-corrected chi connectivity index (χ4v) is 1.44. The average Bonchev–Trinajstić information content (AvgIpc) is 2.37. The number of hydrogen-bond acceptors (Lipinski definition) is 5. The van der Waals surface area contributed by atoms with Gasteiger partial charge in [0, 0.05) is 32.0 Å². The van der Waals surface area contributed by atoms with Crippen LogP contribution in [0.3, 0.4) is 0 Å². The fourth-order valence-electron chi connectivity index (χ4n) is 1.03. The van der Waals surface area contributed by atoms with Crippen LogP contribution in [0.25, 0.3) is 5.32 Å². The van der Waals surface area contributed by atoms with Crippen molar-refractivity contribution in [3.05, 3.63) is 34.6 Å². The molecule has 1 radical (unpaired) electrons.